The number of carbonyl (C=O) groups is 9. The largest absolute Gasteiger partial charge is 1.00 e. The number of ketones is 2. The minimum atomic E-state index is -1.04. The van der Waals surface area contributed by atoms with Gasteiger partial charge in [-0.25, -0.2) is 17.6 Å². The van der Waals surface area contributed by atoms with Gasteiger partial charge in [-0.15, -0.1) is 0 Å². The number of carboxylic acids is 3. The maximum Gasteiger partial charge on any atom is 1.00 e. The number of aliphatic carboxylic acids is 3. The van der Waals surface area contributed by atoms with Crippen molar-refractivity contribution in [3.05, 3.63) is 190 Å². The zero-order valence-corrected chi connectivity index (χ0v) is 64.4. The number of para-hydroxylation sites is 2. The van der Waals surface area contributed by atoms with Crippen LogP contribution in [0.5, 0.6) is 23.0 Å². The Kier molecular flexibility index (Phi) is 40.1. The fourth-order valence-corrected chi connectivity index (χ4v) is 13.7. The third kappa shape index (κ3) is 29.8. The molecule has 4 amide bonds. The summed E-state index contributed by atoms with van der Waals surface area (Å²) in [5.41, 5.74) is 4.34. The Hall–Kier alpha value is -9.61. The van der Waals surface area contributed by atoms with E-state index in [1.54, 1.807) is 102 Å². The van der Waals surface area contributed by atoms with Crippen molar-refractivity contribution in [2.75, 3.05) is 107 Å². The summed E-state index contributed by atoms with van der Waals surface area (Å²) in [6, 6.07) is 34.5. The fourth-order valence-electron chi connectivity index (χ4n) is 13.7. The van der Waals surface area contributed by atoms with Crippen molar-refractivity contribution in [2.45, 2.75) is 117 Å². The number of hydrogen-bond donors (Lipinski definition) is 4. The van der Waals surface area contributed by atoms with Crippen molar-refractivity contribution in [2.24, 2.45) is 35.5 Å². The molecule has 6 aliphatic heterocycles. The van der Waals surface area contributed by atoms with Crippen molar-refractivity contribution in [1.29, 1.82) is 0 Å². The van der Waals surface area contributed by atoms with Gasteiger partial charge in [0.15, 0.2) is 34.6 Å². The number of carbonyl (C=O) groups excluding carboxylic acids is 7. The maximum atomic E-state index is 13.0. The molecule has 6 aromatic rings. The number of Topliss-reactive ketones (excluding diaryl/α,β-unsaturated/α-hetero) is 2. The second-order valence-electron chi connectivity index (χ2n) is 28.1. The third-order valence-corrected chi connectivity index (χ3v) is 20.5. The van der Waals surface area contributed by atoms with Crippen LogP contribution in [0, 0.1) is 58.8 Å². The van der Waals surface area contributed by atoms with Gasteiger partial charge in [-0.2, -0.15) is 0 Å². The molecule has 4 N–H and O–H groups in total. The van der Waals surface area contributed by atoms with Crippen LogP contribution < -0.4 is 53.5 Å². The van der Waals surface area contributed by atoms with Crippen molar-refractivity contribution >= 4 is 53.1 Å². The predicted octanol–water partition coefficient (Wildman–Crippen LogP) is 7.78. The standard InChI is InChI=1S/C22H24FNO4.2C14H16FNO3.C14H18FNO.C14H19NO3.C6H11NO2.CH4.Li/c1-27-19-5-3-4-18(22(19)28-2)21(26)16-10-12-24(13-11-16)20(25)14-15-6-8-17(23)9-7-15;2*15-12-3-1-10(2-4-12)9-13(17)16-7-5-11(6-8-16)14(18)19;1-11-6-8-16(9-7-11)14(17)10-12-2-4-13(15)5-3-12;1-17-12-5-3-4-11(14(12)18-2)13(16)10-6-8-15-9-7-10;8-6(9)5-1-3-7-4-2-5;;/h3-9,16H,10-14H2,1-2H3;2*1-4,11H,5-9H2,(H,18,19);2-5,11H,6-10H2,1H3;3-5,10,15H,6-9H2,1-2H3;5,7H,1-4H2,(H,8,9);1H4;/q;;;;;;;+1/p-1. The molecule has 0 spiro atoms. The number of amides is 4. The van der Waals surface area contributed by atoms with Gasteiger partial charge in [-0.05, 0) is 204 Å². The first-order valence-electron chi connectivity index (χ1n) is 37.6. The molecular formula is C85H107F4LiN6O16. The number of nitrogens with one attached hydrogen (secondary N) is 2. The number of likely N-dealkylation sites (tertiary alicyclic amines) is 4. The van der Waals surface area contributed by atoms with Crippen LogP contribution >= 0.6 is 0 Å². The summed E-state index contributed by atoms with van der Waals surface area (Å²) in [5, 5.41) is 34.5. The van der Waals surface area contributed by atoms with Crippen molar-refractivity contribution in [3.8, 4) is 23.0 Å². The summed E-state index contributed by atoms with van der Waals surface area (Å²) in [7, 11) is 6.20. The summed E-state index contributed by atoms with van der Waals surface area (Å²) in [6.07, 6.45) is 9.71. The molecule has 0 aromatic heterocycles. The van der Waals surface area contributed by atoms with E-state index in [2.05, 4.69) is 17.6 Å². The Labute approximate surface area is 666 Å². The molecule has 0 unspecified atom stereocenters. The van der Waals surface area contributed by atoms with Crippen LogP contribution in [-0.4, -0.2) is 190 Å². The number of methoxy groups -OCH3 is 4. The van der Waals surface area contributed by atoms with Crippen LogP contribution in [0.3, 0.4) is 0 Å². The van der Waals surface area contributed by atoms with Crippen LogP contribution in [0.1, 0.15) is 134 Å². The minimum absolute atomic E-state index is 0. The number of rotatable bonds is 19. The molecule has 12 rings (SSSR count). The molecule has 0 saturated carbocycles. The van der Waals surface area contributed by atoms with Gasteiger partial charge in [0.1, 0.15) is 23.3 Å². The Morgan fingerprint density at radius 1 is 0.375 bits per heavy atom. The van der Waals surface area contributed by atoms with E-state index in [1.807, 2.05) is 17.0 Å². The summed E-state index contributed by atoms with van der Waals surface area (Å²) < 4.78 is 72.4. The SMILES string of the molecule is C.CC1CCN(C(=O)Cc2ccc(F)cc2)CC1.COc1cccc(C(=O)C2CCN(C(=O)Cc3ccc(F)cc3)CC2)c1OC.COc1cccc(C(=O)C2CCNCC2)c1OC.O=C(O)C1CCN(C(=O)Cc2ccc(F)cc2)CC1.O=C(O)C1CCNCC1.O=C([O-])C1CCN(C(=O)Cc2ccc(F)cc2)CC1.[Li+]. The van der Waals surface area contributed by atoms with E-state index in [0.29, 0.717) is 118 Å². The van der Waals surface area contributed by atoms with E-state index in [-0.39, 0.29) is 128 Å². The summed E-state index contributed by atoms with van der Waals surface area (Å²) in [6.45, 7) is 10.4. The number of carboxylic acid groups (broad SMARTS) is 3. The Bertz CT molecular complexity index is 3860. The molecule has 0 bridgehead atoms. The monoisotopic (exact) mass is 1550 g/mol. The Morgan fingerprint density at radius 3 is 0.884 bits per heavy atom. The second-order valence-corrected chi connectivity index (χ2v) is 28.1. The van der Waals surface area contributed by atoms with Gasteiger partial charge in [0.25, 0.3) is 0 Å². The zero-order chi connectivity index (χ0) is 79.7. The molecule has 22 nitrogen and oxygen atoms in total. The van der Waals surface area contributed by atoms with Crippen LogP contribution in [-0.2, 0) is 59.2 Å². The molecule has 6 heterocycles. The van der Waals surface area contributed by atoms with Gasteiger partial charge in [0.05, 0.1) is 77.1 Å². The normalized spacial score (nSPS) is 16.2. The van der Waals surface area contributed by atoms with E-state index in [4.69, 9.17) is 29.2 Å². The van der Waals surface area contributed by atoms with E-state index in [1.165, 1.54) is 62.8 Å². The molecule has 112 heavy (non-hydrogen) atoms. The average molecular weight is 1550 g/mol. The third-order valence-electron chi connectivity index (χ3n) is 20.5. The van der Waals surface area contributed by atoms with Crippen LogP contribution in [0.25, 0.3) is 0 Å². The quantitative estimate of drug-likeness (QED) is 0.0342. The van der Waals surface area contributed by atoms with Gasteiger partial charge in [-0.1, -0.05) is 75.0 Å². The summed E-state index contributed by atoms with van der Waals surface area (Å²) in [5.74, 6) is -1.53. The molecular weight excluding hydrogens is 1440 g/mol. The van der Waals surface area contributed by atoms with E-state index in [0.717, 1.165) is 106 Å². The molecule has 6 aliphatic rings. The van der Waals surface area contributed by atoms with Gasteiger partial charge >= 0.3 is 30.8 Å². The predicted molar refractivity (Wildman–Crippen MR) is 409 cm³/mol. The molecule has 6 aromatic carbocycles. The van der Waals surface area contributed by atoms with Crippen molar-refractivity contribution in [1.82, 2.24) is 30.2 Å². The molecule has 27 heteroatoms. The first-order chi connectivity index (χ1) is 52.9. The van der Waals surface area contributed by atoms with Crippen molar-refractivity contribution < 1.29 is 114 Å². The Morgan fingerprint density at radius 2 is 0.625 bits per heavy atom. The number of hydrogen-bond acceptors (Lipinski definition) is 16. The number of nitrogens with zero attached hydrogens (tertiary/aromatic N) is 4. The van der Waals surface area contributed by atoms with E-state index >= 15 is 0 Å². The van der Waals surface area contributed by atoms with Gasteiger partial charge in [-0.3, -0.25) is 38.4 Å². The first kappa shape index (κ1) is 93.0. The van der Waals surface area contributed by atoms with E-state index < -0.39 is 23.8 Å². The zero-order valence-electron chi connectivity index (χ0n) is 64.4. The fraction of sp³-hybridized carbons (Fsp3) is 0.471. The van der Waals surface area contributed by atoms with Gasteiger partial charge < -0.3 is 69.3 Å². The molecule has 6 saturated heterocycles. The van der Waals surface area contributed by atoms with Crippen LogP contribution in [0.15, 0.2) is 133 Å². The smallest absolute Gasteiger partial charge is 0.550 e. The maximum absolute atomic E-state index is 13.0. The molecule has 0 atom stereocenters. The molecule has 6 fully saturated rings. The summed E-state index contributed by atoms with van der Waals surface area (Å²) in [4.78, 5) is 113. The number of benzene rings is 6. The number of halogens is 4. The average Bonchev–Trinajstić information content (AvgIpc) is 0.812. The van der Waals surface area contributed by atoms with Crippen LogP contribution in [0.4, 0.5) is 17.6 Å². The van der Waals surface area contributed by atoms with Gasteiger partial charge in [0.2, 0.25) is 23.6 Å². The topological polar surface area (TPSA) is 291 Å². The van der Waals surface area contributed by atoms with Gasteiger partial charge in [0, 0.05) is 76.1 Å². The molecule has 602 valence electrons. The Balaban J connectivity index is 0.000000245. The van der Waals surface area contributed by atoms with Crippen LogP contribution in [0.2, 0.25) is 0 Å². The minimum Gasteiger partial charge on any atom is -0.550 e. The molecule has 0 radical (unpaired) electrons. The molecule has 0 aliphatic carbocycles. The summed E-state index contributed by atoms with van der Waals surface area (Å²) >= 11 is 0. The second kappa shape index (κ2) is 48.3. The van der Waals surface area contributed by atoms with Crippen molar-refractivity contribution in [3.63, 3.8) is 0 Å². The van der Waals surface area contributed by atoms with E-state index in [9.17, 15) is 65.8 Å². The first-order valence-corrected chi connectivity index (χ1v) is 37.6. The number of piperidine rings is 6. The number of ether oxygens (including phenoxy) is 4.